The number of amides is 1. The van der Waals surface area contributed by atoms with Crippen LogP contribution in [0.4, 0.5) is 4.79 Å². The van der Waals surface area contributed by atoms with Crippen molar-refractivity contribution in [2.45, 2.75) is 26.3 Å². The Balaban J connectivity index is 0.000000902. The molecule has 0 unspecified atom stereocenters. The molecule has 1 N–H and O–H groups in total. The maximum absolute atomic E-state index is 12.2. The first-order valence-corrected chi connectivity index (χ1v) is 6.29. The van der Waals surface area contributed by atoms with E-state index < -0.39 is 0 Å². The van der Waals surface area contributed by atoms with Gasteiger partial charge in [0, 0.05) is 6.54 Å². The highest BCUT2D eigenvalue weighted by Crippen LogP contribution is 2.22. The third-order valence-corrected chi connectivity index (χ3v) is 3.76. The monoisotopic (exact) mass is 306 g/mol. The molecule has 1 amide bonds. The summed E-state index contributed by atoms with van der Waals surface area (Å²) in [5.74, 6) is 1.45. The highest BCUT2D eigenvalue weighted by Gasteiger charge is 2.30. The number of carbonyl (C=O) groups is 1. The van der Waals surface area contributed by atoms with Gasteiger partial charge in [-0.3, -0.25) is 4.57 Å². The lowest BCUT2D eigenvalue weighted by atomic mass is 9.98. The Hall–Kier alpha value is -0.780. The molecule has 0 aromatic carbocycles. The second-order valence-electron chi connectivity index (χ2n) is 4.99. The molecule has 1 fully saturated rings. The zero-order valence-electron chi connectivity index (χ0n) is 11.0. The molecule has 7 heteroatoms. The number of halogens is 2. The molecule has 0 aliphatic carbocycles. The normalized spacial score (nSPS) is 18.8. The topological polar surface area (TPSA) is 50.2 Å². The van der Waals surface area contributed by atoms with Gasteiger partial charge in [-0.1, -0.05) is 0 Å². The quantitative estimate of drug-likeness (QED) is 0.907. The Morgan fingerprint density at radius 2 is 2.05 bits per heavy atom. The number of nitrogens with zero attached hydrogens (tertiary/aromatic N) is 3. The maximum Gasteiger partial charge on any atom is 0.330 e. The summed E-state index contributed by atoms with van der Waals surface area (Å²) < 4.78 is 1.74. The Bertz CT molecular complexity index is 443. The Labute approximate surface area is 125 Å². The van der Waals surface area contributed by atoms with Crippen molar-refractivity contribution >= 4 is 30.8 Å². The van der Waals surface area contributed by atoms with Gasteiger partial charge in [0.05, 0.1) is 18.4 Å². The van der Waals surface area contributed by atoms with Crippen molar-refractivity contribution in [2.24, 2.45) is 5.92 Å². The fourth-order valence-electron chi connectivity index (χ4n) is 2.79. The lowest BCUT2D eigenvalue weighted by Crippen LogP contribution is -2.37. The molecule has 108 valence electrons. The molecule has 1 saturated heterocycles. The molecule has 0 bridgehead atoms. The molecule has 2 aliphatic heterocycles. The van der Waals surface area contributed by atoms with Crippen molar-refractivity contribution in [3.05, 3.63) is 17.7 Å². The molecule has 19 heavy (non-hydrogen) atoms. The number of carbonyl (C=O) groups excluding carboxylic acids is 1. The van der Waals surface area contributed by atoms with Crippen LogP contribution in [0.5, 0.6) is 0 Å². The van der Waals surface area contributed by atoms with Gasteiger partial charge in [-0.15, -0.1) is 24.8 Å². The number of hydrogen-bond acceptors (Lipinski definition) is 3. The van der Waals surface area contributed by atoms with Gasteiger partial charge < -0.3 is 10.2 Å². The van der Waals surface area contributed by atoms with Crippen LogP contribution in [0.25, 0.3) is 0 Å². The molecule has 1 aromatic heterocycles. The predicted octanol–water partition coefficient (Wildman–Crippen LogP) is 1.82. The summed E-state index contributed by atoms with van der Waals surface area (Å²) in [5.41, 5.74) is 1.03. The first-order chi connectivity index (χ1) is 8.25. The lowest BCUT2D eigenvalue weighted by Gasteiger charge is -2.26. The number of rotatable bonds is 2. The maximum atomic E-state index is 12.2. The Morgan fingerprint density at radius 3 is 2.68 bits per heavy atom. The van der Waals surface area contributed by atoms with Crippen LogP contribution in [0.15, 0.2) is 6.20 Å². The minimum Gasteiger partial charge on any atom is -0.318 e. The SMILES string of the molecule is Cc1ncc2n1C(=O)N(CC1CCNCC1)C2.Cl.Cl. The van der Waals surface area contributed by atoms with Crippen molar-refractivity contribution in [1.29, 1.82) is 0 Å². The molecule has 0 radical (unpaired) electrons. The van der Waals surface area contributed by atoms with Gasteiger partial charge in [-0.25, -0.2) is 9.78 Å². The number of imidazole rings is 1. The van der Waals surface area contributed by atoms with Gasteiger partial charge >= 0.3 is 6.03 Å². The number of hydrogen-bond donors (Lipinski definition) is 1. The van der Waals surface area contributed by atoms with Crippen LogP contribution in [-0.2, 0) is 6.54 Å². The number of piperidine rings is 1. The Morgan fingerprint density at radius 1 is 1.37 bits per heavy atom. The van der Waals surface area contributed by atoms with E-state index in [-0.39, 0.29) is 30.8 Å². The van der Waals surface area contributed by atoms with Crippen LogP contribution in [-0.4, -0.2) is 40.1 Å². The van der Waals surface area contributed by atoms with E-state index in [1.54, 1.807) is 4.57 Å². The first-order valence-electron chi connectivity index (χ1n) is 6.29. The van der Waals surface area contributed by atoms with E-state index in [1.165, 1.54) is 12.8 Å². The molecule has 5 nitrogen and oxygen atoms in total. The first kappa shape index (κ1) is 16.3. The summed E-state index contributed by atoms with van der Waals surface area (Å²) >= 11 is 0. The van der Waals surface area contributed by atoms with Crippen LogP contribution < -0.4 is 5.32 Å². The smallest absolute Gasteiger partial charge is 0.318 e. The lowest BCUT2D eigenvalue weighted by molar-refractivity contribution is 0.191. The summed E-state index contributed by atoms with van der Waals surface area (Å²) in [4.78, 5) is 18.3. The third kappa shape index (κ3) is 3.04. The van der Waals surface area contributed by atoms with E-state index >= 15 is 0 Å². The molecule has 0 spiro atoms. The molecule has 0 saturated carbocycles. The second-order valence-corrected chi connectivity index (χ2v) is 4.99. The van der Waals surface area contributed by atoms with Crippen LogP contribution in [0.2, 0.25) is 0 Å². The molecule has 2 aliphatic rings. The fourth-order valence-corrected chi connectivity index (χ4v) is 2.79. The largest absolute Gasteiger partial charge is 0.330 e. The van der Waals surface area contributed by atoms with Gasteiger partial charge in [-0.2, -0.15) is 0 Å². The fraction of sp³-hybridized carbons (Fsp3) is 0.667. The number of aryl methyl sites for hydroxylation is 1. The minimum atomic E-state index is 0. The van der Waals surface area contributed by atoms with Crippen LogP contribution in [0.3, 0.4) is 0 Å². The van der Waals surface area contributed by atoms with E-state index in [9.17, 15) is 4.79 Å². The van der Waals surface area contributed by atoms with Gasteiger partial charge in [0.2, 0.25) is 0 Å². The van der Waals surface area contributed by atoms with E-state index in [4.69, 9.17) is 0 Å². The number of fused-ring (bicyclic) bond motifs is 1. The van der Waals surface area contributed by atoms with E-state index in [2.05, 4.69) is 10.3 Å². The number of nitrogens with one attached hydrogen (secondary N) is 1. The molecule has 3 rings (SSSR count). The van der Waals surface area contributed by atoms with Crippen molar-refractivity contribution in [1.82, 2.24) is 19.8 Å². The van der Waals surface area contributed by atoms with Crippen molar-refractivity contribution in [3.8, 4) is 0 Å². The minimum absolute atomic E-state index is 0. The summed E-state index contributed by atoms with van der Waals surface area (Å²) in [6, 6.07) is 0.105. The van der Waals surface area contributed by atoms with E-state index in [0.29, 0.717) is 5.92 Å². The average molecular weight is 307 g/mol. The van der Waals surface area contributed by atoms with Crippen molar-refractivity contribution in [3.63, 3.8) is 0 Å². The molecular weight excluding hydrogens is 287 g/mol. The van der Waals surface area contributed by atoms with Crippen LogP contribution in [0.1, 0.15) is 24.4 Å². The van der Waals surface area contributed by atoms with Crippen LogP contribution in [0, 0.1) is 12.8 Å². The van der Waals surface area contributed by atoms with Gasteiger partial charge in [-0.05, 0) is 38.8 Å². The third-order valence-electron chi connectivity index (χ3n) is 3.76. The summed E-state index contributed by atoms with van der Waals surface area (Å²) in [6.07, 6.45) is 4.17. The van der Waals surface area contributed by atoms with Gasteiger partial charge in [0.25, 0.3) is 0 Å². The van der Waals surface area contributed by atoms with Gasteiger partial charge in [0.15, 0.2) is 0 Å². The zero-order valence-corrected chi connectivity index (χ0v) is 12.6. The Kier molecular flexibility index (Phi) is 5.64. The van der Waals surface area contributed by atoms with Crippen molar-refractivity contribution < 1.29 is 4.79 Å². The summed E-state index contributed by atoms with van der Waals surface area (Å²) in [6.45, 7) is 5.67. The van der Waals surface area contributed by atoms with Crippen LogP contribution >= 0.6 is 24.8 Å². The molecular formula is C12H20Cl2N4O. The number of aromatic nitrogens is 2. The average Bonchev–Trinajstić information content (AvgIpc) is 2.84. The summed E-state index contributed by atoms with van der Waals surface area (Å²) in [7, 11) is 0. The van der Waals surface area contributed by atoms with Crippen molar-refractivity contribution in [2.75, 3.05) is 19.6 Å². The van der Waals surface area contributed by atoms with Gasteiger partial charge in [0.1, 0.15) is 5.82 Å². The molecule has 1 aromatic rings. The molecule has 0 atom stereocenters. The van der Waals surface area contributed by atoms with E-state index in [0.717, 1.165) is 37.7 Å². The van der Waals surface area contributed by atoms with E-state index in [1.807, 2.05) is 18.0 Å². The zero-order chi connectivity index (χ0) is 11.8. The standard InChI is InChI=1S/C12H18N4O.2ClH/c1-9-14-6-11-8-15(12(17)16(9)11)7-10-2-4-13-5-3-10;;/h6,10,13H,2-5,7-8H2,1H3;2*1H. The highest BCUT2D eigenvalue weighted by molar-refractivity contribution is 5.85. The molecule has 3 heterocycles. The highest BCUT2D eigenvalue weighted by atomic mass is 35.5. The summed E-state index contributed by atoms with van der Waals surface area (Å²) in [5, 5.41) is 3.35. The second kappa shape index (κ2) is 6.59. The predicted molar refractivity (Wildman–Crippen MR) is 78.3 cm³/mol.